The predicted octanol–water partition coefficient (Wildman–Crippen LogP) is 13.2. The van der Waals surface area contributed by atoms with Gasteiger partial charge in [0.1, 0.15) is 0 Å². The summed E-state index contributed by atoms with van der Waals surface area (Å²) in [5.41, 5.74) is 4.18. The molecule has 1 aromatic carbocycles. The summed E-state index contributed by atoms with van der Waals surface area (Å²) in [6.07, 6.45) is 21.2. The highest BCUT2D eigenvalue weighted by Crippen LogP contribution is 2.56. The smallest absolute Gasteiger partial charge is 0.154 e. The Balaban J connectivity index is 0.000000209. The second kappa shape index (κ2) is 23.7. The van der Waals surface area contributed by atoms with Crippen LogP contribution in [-0.4, -0.2) is 44.9 Å². The molecule has 4 saturated carbocycles. The number of rotatable bonds is 0. The summed E-state index contributed by atoms with van der Waals surface area (Å²) >= 11 is 0. The molecule has 3 aliphatic heterocycles. The van der Waals surface area contributed by atoms with Gasteiger partial charge in [-0.3, -0.25) is 0 Å². The molecule has 0 N–H and O–H groups in total. The highest BCUT2D eigenvalue weighted by molar-refractivity contribution is 5.19. The van der Waals surface area contributed by atoms with Crippen molar-refractivity contribution >= 4 is 0 Å². The van der Waals surface area contributed by atoms with Gasteiger partial charge in [-0.2, -0.15) is 0 Å². The minimum Gasteiger partial charge on any atom is -0.378 e. The van der Waals surface area contributed by atoms with E-state index in [9.17, 15) is 0 Å². The van der Waals surface area contributed by atoms with Gasteiger partial charge in [0, 0.05) is 19.1 Å². The summed E-state index contributed by atoms with van der Waals surface area (Å²) in [6.45, 7) is 30.3. The topological polar surface area (TPSA) is 36.9 Å². The molecule has 3 heterocycles. The standard InChI is InChI=1S/C10H18.C8H16.C8H10.2C7H14O.C6H12O2/c1-9-3-6-10(2,7-4-9)8-5-9;2*1-7-3-5-8(2)6-4-7;2*1-6-3-4-7(2)8-5-6;1-5-3-7-6(2)8-4-5/h3-8H2,1-2H3;7-8H,3-6H2,1-2H3;3-6H,1-2H3;2*6-7H,3-5H2,1-2H3;5-6H,3-4H2,1-2H3. The maximum absolute atomic E-state index is 5.39. The van der Waals surface area contributed by atoms with Crippen molar-refractivity contribution in [2.45, 2.75) is 191 Å². The van der Waals surface area contributed by atoms with E-state index in [0.717, 1.165) is 60.9 Å². The zero-order valence-electron chi connectivity index (χ0n) is 35.3. The molecule has 0 spiro atoms. The van der Waals surface area contributed by atoms with Gasteiger partial charge in [-0.15, -0.1) is 0 Å². The number of ether oxygens (including phenoxy) is 4. The molecule has 3 saturated heterocycles. The maximum Gasteiger partial charge on any atom is 0.154 e. The van der Waals surface area contributed by atoms with Crippen LogP contribution >= 0.6 is 0 Å². The van der Waals surface area contributed by atoms with Crippen LogP contribution in [0.2, 0.25) is 0 Å². The van der Waals surface area contributed by atoms with Crippen LogP contribution in [0.5, 0.6) is 0 Å². The third-order valence-corrected chi connectivity index (χ3v) is 12.2. The van der Waals surface area contributed by atoms with Crippen molar-refractivity contribution in [2.24, 2.45) is 40.4 Å². The zero-order valence-corrected chi connectivity index (χ0v) is 35.3. The second-order valence-corrected chi connectivity index (χ2v) is 18.6. The van der Waals surface area contributed by atoms with Gasteiger partial charge in [0.15, 0.2) is 6.29 Å². The fraction of sp³-hybridized carbons (Fsp3) is 0.870. The third kappa shape index (κ3) is 20.3. The van der Waals surface area contributed by atoms with E-state index in [0.29, 0.717) is 18.1 Å². The van der Waals surface area contributed by atoms with E-state index in [1.807, 2.05) is 6.92 Å². The molecule has 0 radical (unpaired) electrons. The Labute approximate surface area is 311 Å². The summed E-state index contributed by atoms with van der Waals surface area (Å²) in [5.74, 6) is 4.21. The first-order chi connectivity index (χ1) is 23.6. The molecule has 1 aromatic rings. The molecule has 0 aromatic heterocycles. The van der Waals surface area contributed by atoms with Gasteiger partial charge in [-0.25, -0.2) is 0 Å². The fourth-order valence-corrected chi connectivity index (χ4v) is 7.35. The van der Waals surface area contributed by atoms with Crippen LogP contribution in [0.3, 0.4) is 0 Å². The average Bonchev–Trinajstić information content (AvgIpc) is 3.10. The van der Waals surface area contributed by atoms with Crippen molar-refractivity contribution in [1.29, 1.82) is 0 Å². The first-order valence-electron chi connectivity index (χ1n) is 21.1. The molecule has 7 fully saturated rings. The van der Waals surface area contributed by atoms with Crippen molar-refractivity contribution in [2.75, 3.05) is 26.4 Å². The molecule has 4 aliphatic carbocycles. The molecule has 50 heavy (non-hydrogen) atoms. The highest BCUT2D eigenvalue weighted by Gasteiger charge is 2.43. The lowest BCUT2D eigenvalue weighted by atomic mass is 9.55. The van der Waals surface area contributed by atoms with Gasteiger partial charge in [-0.1, -0.05) is 110 Å². The highest BCUT2D eigenvalue weighted by atomic mass is 16.7. The summed E-state index contributed by atoms with van der Waals surface area (Å²) in [4.78, 5) is 0. The molecule has 0 amide bonds. The van der Waals surface area contributed by atoms with Crippen molar-refractivity contribution < 1.29 is 18.9 Å². The summed E-state index contributed by atoms with van der Waals surface area (Å²) in [6, 6.07) is 8.48. The van der Waals surface area contributed by atoms with Crippen LogP contribution in [0, 0.1) is 54.3 Å². The van der Waals surface area contributed by atoms with Gasteiger partial charge < -0.3 is 18.9 Å². The lowest BCUT2D eigenvalue weighted by molar-refractivity contribution is -0.187. The van der Waals surface area contributed by atoms with Crippen LogP contribution < -0.4 is 0 Å². The number of fused-ring (bicyclic) bond motifs is 3. The molecule has 2 bridgehead atoms. The van der Waals surface area contributed by atoms with Gasteiger partial charge in [0.25, 0.3) is 0 Å². The van der Waals surface area contributed by atoms with Gasteiger partial charge in [0.2, 0.25) is 0 Å². The Morgan fingerprint density at radius 2 is 0.680 bits per heavy atom. The quantitative estimate of drug-likeness (QED) is 0.270. The van der Waals surface area contributed by atoms with Crippen LogP contribution in [0.1, 0.15) is 170 Å². The monoisotopic (exact) mass is 701 g/mol. The summed E-state index contributed by atoms with van der Waals surface area (Å²) in [5, 5.41) is 0. The molecule has 292 valence electrons. The molecule has 7 aliphatic rings. The van der Waals surface area contributed by atoms with Crippen molar-refractivity contribution in [3.63, 3.8) is 0 Å². The SMILES string of the molecule is CC12CCC(C)(CC1)CC2.CC1CCC(C)CC1.CC1CCC(C)OC1.CC1CCC(C)OC1.CC1COC(C)OC1.Cc1ccc(C)cc1. The second-order valence-electron chi connectivity index (χ2n) is 18.6. The largest absolute Gasteiger partial charge is 0.378 e. The van der Waals surface area contributed by atoms with E-state index in [4.69, 9.17) is 18.9 Å². The fourth-order valence-electron chi connectivity index (χ4n) is 7.35. The minimum atomic E-state index is 0.0196. The first-order valence-corrected chi connectivity index (χ1v) is 21.1. The molecule has 4 nitrogen and oxygen atoms in total. The lowest BCUT2D eigenvalue weighted by Crippen LogP contribution is -2.37. The van der Waals surface area contributed by atoms with Gasteiger partial charge in [0.05, 0.1) is 25.4 Å². The number of hydrogen-bond acceptors (Lipinski definition) is 4. The van der Waals surface area contributed by atoms with E-state index in [1.54, 1.807) is 0 Å². The van der Waals surface area contributed by atoms with E-state index in [2.05, 4.69) is 100 Å². The summed E-state index contributed by atoms with van der Waals surface area (Å²) < 4.78 is 21.1. The Hall–Kier alpha value is -0.940. The zero-order chi connectivity index (χ0) is 37.2. The maximum atomic E-state index is 5.39. The Kier molecular flexibility index (Phi) is 21.4. The minimum absolute atomic E-state index is 0.0196. The molecule has 8 rings (SSSR count). The molecule has 4 unspecified atom stereocenters. The van der Waals surface area contributed by atoms with E-state index in [1.165, 1.54) is 101 Å². The number of hydrogen-bond donors (Lipinski definition) is 0. The van der Waals surface area contributed by atoms with Crippen LogP contribution in [0.25, 0.3) is 0 Å². The molecule has 4 heteroatoms. The number of aryl methyl sites for hydroxylation is 2. The number of benzene rings is 1. The van der Waals surface area contributed by atoms with Crippen LogP contribution in [0.4, 0.5) is 0 Å². The molecular weight excluding hydrogens is 617 g/mol. The normalized spacial score (nSPS) is 37.6. The van der Waals surface area contributed by atoms with E-state index >= 15 is 0 Å². The Morgan fingerprint density at radius 1 is 0.400 bits per heavy atom. The average molecular weight is 701 g/mol. The van der Waals surface area contributed by atoms with Crippen molar-refractivity contribution in [3.8, 4) is 0 Å². The van der Waals surface area contributed by atoms with Gasteiger partial charge >= 0.3 is 0 Å². The predicted molar refractivity (Wildman–Crippen MR) is 215 cm³/mol. The van der Waals surface area contributed by atoms with E-state index < -0.39 is 0 Å². The first kappa shape index (κ1) is 45.2. The molecule has 4 atom stereocenters. The lowest BCUT2D eigenvalue weighted by Gasteiger charge is -2.50. The summed E-state index contributed by atoms with van der Waals surface area (Å²) in [7, 11) is 0. The Bertz CT molecular complexity index is 775. The van der Waals surface area contributed by atoms with E-state index in [-0.39, 0.29) is 6.29 Å². The van der Waals surface area contributed by atoms with Gasteiger partial charge in [-0.05, 0) is 133 Å². The van der Waals surface area contributed by atoms with Crippen molar-refractivity contribution in [3.05, 3.63) is 35.4 Å². The van der Waals surface area contributed by atoms with Crippen LogP contribution in [-0.2, 0) is 18.9 Å². The third-order valence-electron chi connectivity index (χ3n) is 12.2. The van der Waals surface area contributed by atoms with Crippen molar-refractivity contribution in [1.82, 2.24) is 0 Å². The van der Waals surface area contributed by atoms with Crippen LogP contribution in [0.15, 0.2) is 24.3 Å². The Morgan fingerprint density at radius 3 is 0.920 bits per heavy atom. The molecular formula is C46H84O4.